The molecular weight excluding hydrogens is 174 g/mol. The van der Waals surface area contributed by atoms with Crippen molar-refractivity contribution in [3.05, 3.63) is 23.3 Å². The van der Waals surface area contributed by atoms with E-state index < -0.39 is 0 Å². The molecule has 0 unspecified atom stereocenters. The van der Waals surface area contributed by atoms with Crippen LogP contribution in [0.5, 0.6) is 0 Å². The lowest BCUT2D eigenvalue weighted by molar-refractivity contribution is 0.423. The summed E-state index contributed by atoms with van der Waals surface area (Å²) in [7, 11) is 0. The molecule has 0 radical (unpaired) electrons. The molecule has 2 aromatic heterocycles. The Morgan fingerprint density at radius 3 is 3.08 bits per heavy atom. The van der Waals surface area contributed by atoms with Crippen LogP contribution in [0.4, 0.5) is 0 Å². The summed E-state index contributed by atoms with van der Waals surface area (Å²) in [5.41, 5.74) is 5.33. The lowest BCUT2D eigenvalue weighted by Gasteiger charge is -1.81. The zero-order valence-corrected chi connectivity index (χ0v) is 7.04. The Balaban J connectivity index is 2.35. The largest absolute Gasteiger partial charge is 0.333 e. The van der Waals surface area contributed by atoms with Gasteiger partial charge in [-0.3, -0.25) is 0 Å². The Bertz CT molecular complexity index is 354. The van der Waals surface area contributed by atoms with Crippen LogP contribution in [0.25, 0.3) is 10.8 Å². The van der Waals surface area contributed by atoms with Gasteiger partial charge in [-0.25, -0.2) is 0 Å². The SMILES string of the molecule is NCc1noc(-c2cccs2)n1. The monoisotopic (exact) mass is 181 g/mol. The summed E-state index contributed by atoms with van der Waals surface area (Å²) in [6.07, 6.45) is 0. The van der Waals surface area contributed by atoms with E-state index in [9.17, 15) is 0 Å². The van der Waals surface area contributed by atoms with Crippen molar-refractivity contribution in [2.75, 3.05) is 0 Å². The van der Waals surface area contributed by atoms with Crippen molar-refractivity contribution in [2.24, 2.45) is 5.73 Å². The van der Waals surface area contributed by atoms with Crippen molar-refractivity contribution in [1.29, 1.82) is 0 Å². The Kier molecular flexibility index (Phi) is 1.89. The molecule has 0 aliphatic heterocycles. The molecule has 0 bridgehead atoms. The van der Waals surface area contributed by atoms with Crippen LogP contribution in [0, 0.1) is 0 Å². The van der Waals surface area contributed by atoms with Crippen LogP contribution in [0.3, 0.4) is 0 Å². The number of thiophene rings is 1. The van der Waals surface area contributed by atoms with E-state index in [1.165, 1.54) is 0 Å². The Labute approximate surface area is 73.0 Å². The topological polar surface area (TPSA) is 64.9 Å². The zero-order valence-electron chi connectivity index (χ0n) is 6.23. The third-order valence-electron chi connectivity index (χ3n) is 1.38. The molecule has 2 heterocycles. The maximum atomic E-state index is 5.33. The first kappa shape index (κ1) is 7.45. The van der Waals surface area contributed by atoms with Crippen molar-refractivity contribution in [1.82, 2.24) is 10.1 Å². The lowest BCUT2D eigenvalue weighted by atomic mass is 10.5. The molecular formula is C7H7N3OS. The first-order valence-corrected chi connectivity index (χ1v) is 4.34. The van der Waals surface area contributed by atoms with Gasteiger partial charge in [-0.1, -0.05) is 11.2 Å². The minimum absolute atomic E-state index is 0.314. The van der Waals surface area contributed by atoms with Gasteiger partial charge in [0.1, 0.15) is 0 Å². The number of nitrogens with zero attached hydrogens (tertiary/aromatic N) is 2. The van der Waals surface area contributed by atoms with E-state index in [0.717, 1.165) is 4.88 Å². The standard InChI is InChI=1S/C7H7N3OS/c8-4-6-9-7(11-10-6)5-2-1-3-12-5/h1-3H,4,8H2. The molecule has 0 amide bonds. The fraction of sp³-hybridized carbons (Fsp3) is 0.143. The zero-order chi connectivity index (χ0) is 8.39. The second-order valence-electron chi connectivity index (χ2n) is 2.20. The molecule has 62 valence electrons. The van der Waals surface area contributed by atoms with Crippen LogP contribution in [0.2, 0.25) is 0 Å². The highest BCUT2D eigenvalue weighted by atomic mass is 32.1. The van der Waals surface area contributed by atoms with Crippen LogP contribution in [0.15, 0.2) is 22.0 Å². The van der Waals surface area contributed by atoms with Gasteiger partial charge in [0.25, 0.3) is 5.89 Å². The quantitative estimate of drug-likeness (QED) is 0.757. The molecule has 12 heavy (non-hydrogen) atoms. The van der Waals surface area contributed by atoms with Gasteiger partial charge < -0.3 is 10.3 Å². The first-order chi connectivity index (χ1) is 5.90. The molecule has 0 aromatic carbocycles. The maximum Gasteiger partial charge on any atom is 0.268 e. The van der Waals surface area contributed by atoms with Crippen LogP contribution in [-0.2, 0) is 6.54 Å². The van der Waals surface area contributed by atoms with Crippen molar-refractivity contribution < 1.29 is 4.52 Å². The van der Waals surface area contributed by atoms with E-state index >= 15 is 0 Å². The van der Waals surface area contributed by atoms with Gasteiger partial charge in [0, 0.05) is 0 Å². The number of nitrogens with two attached hydrogens (primary N) is 1. The molecule has 4 nitrogen and oxygen atoms in total. The highest BCUT2D eigenvalue weighted by Crippen LogP contribution is 2.21. The van der Waals surface area contributed by atoms with Crippen LogP contribution >= 0.6 is 11.3 Å². The van der Waals surface area contributed by atoms with Gasteiger partial charge >= 0.3 is 0 Å². The lowest BCUT2D eigenvalue weighted by Crippen LogP contribution is -1.97. The summed E-state index contributed by atoms with van der Waals surface area (Å²) in [5.74, 6) is 1.09. The number of aromatic nitrogens is 2. The molecule has 0 aliphatic carbocycles. The van der Waals surface area contributed by atoms with Gasteiger partial charge in [0.05, 0.1) is 11.4 Å². The minimum atomic E-state index is 0.314. The molecule has 2 N–H and O–H groups in total. The predicted octanol–water partition coefficient (Wildman–Crippen LogP) is 1.26. The highest BCUT2D eigenvalue weighted by Gasteiger charge is 2.07. The molecule has 2 aromatic rings. The molecule has 5 heteroatoms. The molecule has 2 rings (SSSR count). The number of hydrogen-bond acceptors (Lipinski definition) is 5. The van der Waals surface area contributed by atoms with Crippen molar-refractivity contribution in [2.45, 2.75) is 6.54 Å². The van der Waals surface area contributed by atoms with E-state index in [1.807, 2.05) is 17.5 Å². The second kappa shape index (κ2) is 3.04. The predicted molar refractivity (Wildman–Crippen MR) is 45.5 cm³/mol. The number of rotatable bonds is 2. The van der Waals surface area contributed by atoms with Gasteiger partial charge in [0.2, 0.25) is 0 Å². The van der Waals surface area contributed by atoms with Crippen LogP contribution < -0.4 is 5.73 Å². The molecule has 0 atom stereocenters. The fourth-order valence-corrected chi connectivity index (χ4v) is 1.48. The van der Waals surface area contributed by atoms with Gasteiger partial charge in [-0.15, -0.1) is 11.3 Å². The number of hydrogen-bond donors (Lipinski definition) is 1. The van der Waals surface area contributed by atoms with Gasteiger partial charge in [-0.2, -0.15) is 4.98 Å². The molecule has 0 aliphatic rings. The van der Waals surface area contributed by atoms with Gasteiger partial charge in [-0.05, 0) is 11.4 Å². The van der Waals surface area contributed by atoms with Crippen molar-refractivity contribution in [3.63, 3.8) is 0 Å². The van der Waals surface area contributed by atoms with E-state index in [1.54, 1.807) is 11.3 Å². The average molecular weight is 181 g/mol. The van der Waals surface area contributed by atoms with Crippen molar-refractivity contribution in [3.8, 4) is 10.8 Å². The van der Waals surface area contributed by atoms with Crippen LogP contribution in [0.1, 0.15) is 5.82 Å². The molecule has 0 fully saturated rings. The Hall–Kier alpha value is -1.20. The summed E-state index contributed by atoms with van der Waals surface area (Å²) < 4.78 is 4.97. The molecule has 0 spiro atoms. The summed E-state index contributed by atoms with van der Waals surface area (Å²) in [5, 5.41) is 5.65. The Morgan fingerprint density at radius 2 is 2.50 bits per heavy atom. The third kappa shape index (κ3) is 1.24. The van der Waals surface area contributed by atoms with Gasteiger partial charge in [0.15, 0.2) is 5.82 Å². The third-order valence-corrected chi connectivity index (χ3v) is 2.24. The highest BCUT2D eigenvalue weighted by molar-refractivity contribution is 7.13. The molecule has 0 saturated carbocycles. The van der Waals surface area contributed by atoms with Crippen LogP contribution in [-0.4, -0.2) is 10.1 Å². The second-order valence-corrected chi connectivity index (χ2v) is 3.14. The van der Waals surface area contributed by atoms with E-state index in [4.69, 9.17) is 10.3 Å². The van der Waals surface area contributed by atoms with E-state index in [-0.39, 0.29) is 0 Å². The summed E-state index contributed by atoms with van der Waals surface area (Å²) in [6.45, 7) is 0.314. The minimum Gasteiger partial charge on any atom is -0.333 e. The smallest absolute Gasteiger partial charge is 0.268 e. The summed E-state index contributed by atoms with van der Waals surface area (Å²) in [6, 6.07) is 3.87. The molecule has 0 saturated heterocycles. The van der Waals surface area contributed by atoms with Crippen molar-refractivity contribution >= 4 is 11.3 Å². The summed E-state index contributed by atoms with van der Waals surface area (Å²) >= 11 is 1.56. The fourth-order valence-electron chi connectivity index (χ4n) is 0.837. The van der Waals surface area contributed by atoms with E-state index in [2.05, 4.69) is 10.1 Å². The average Bonchev–Trinajstić information content (AvgIpc) is 2.75. The normalized spacial score (nSPS) is 10.4. The maximum absolute atomic E-state index is 5.33. The summed E-state index contributed by atoms with van der Waals surface area (Å²) in [4.78, 5) is 5.05. The first-order valence-electron chi connectivity index (χ1n) is 3.46. The van der Waals surface area contributed by atoms with E-state index in [0.29, 0.717) is 18.3 Å². The Morgan fingerprint density at radius 1 is 1.58 bits per heavy atom.